The minimum Gasteiger partial charge on any atom is -0.365 e. The van der Waals surface area contributed by atoms with Gasteiger partial charge in [0.15, 0.2) is 0 Å². The summed E-state index contributed by atoms with van der Waals surface area (Å²) in [6.45, 7) is 4.06. The molecular weight excluding hydrogens is 240 g/mol. The molecule has 1 aliphatic rings. The maximum atomic E-state index is 12.1. The molecule has 19 heavy (non-hydrogen) atoms. The second-order valence-electron chi connectivity index (χ2n) is 5.10. The van der Waals surface area contributed by atoms with Gasteiger partial charge in [0.2, 0.25) is 5.91 Å². The number of carbonyl (C=O) groups excluding carboxylic acids is 2. The molecule has 4 nitrogen and oxygen atoms in total. The molecule has 1 amide bonds. The molecule has 1 heterocycles. The number of nitrogens with zero attached hydrogens (tertiary/aromatic N) is 2. The average Bonchev–Trinajstić information content (AvgIpc) is 2.92. The smallest absolute Gasteiger partial charge is 0.242 e. The normalized spacial score (nSPS) is 14.5. The van der Waals surface area contributed by atoms with E-state index < -0.39 is 0 Å². The maximum absolute atomic E-state index is 12.1. The lowest BCUT2D eigenvalue weighted by Gasteiger charge is -2.23. The lowest BCUT2D eigenvalue weighted by atomic mass is 10.1. The van der Waals surface area contributed by atoms with Gasteiger partial charge in [0.05, 0.1) is 6.54 Å². The van der Waals surface area contributed by atoms with Gasteiger partial charge < -0.3 is 9.80 Å². The molecule has 0 atom stereocenters. The third kappa shape index (κ3) is 3.13. The number of aryl methyl sites for hydroxylation is 1. The summed E-state index contributed by atoms with van der Waals surface area (Å²) in [6, 6.07) is 5.63. The van der Waals surface area contributed by atoms with Gasteiger partial charge in [-0.2, -0.15) is 0 Å². The molecule has 0 N–H and O–H groups in total. The topological polar surface area (TPSA) is 40.6 Å². The Morgan fingerprint density at radius 3 is 2.63 bits per heavy atom. The van der Waals surface area contributed by atoms with Crippen LogP contribution in [0.4, 0.5) is 5.69 Å². The second kappa shape index (κ2) is 5.87. The minimum absolute atomic E-state index is 0.178. The molecule has 0 radical (unpaired) electrons. The standard InChI is InChI=1S/C15H20N2O2/c1-12-9-14(6-5-13(12)11-18)16(2)10-15(19)17-7-3-4-8-17/h5-6,9,11H,3-4,7-8,10H2,1-2H3. The van der Waals surface area contributed by atoms with Crippen LogP contribution in [-0.4, -0.2) is 43.8 Å². The van der Waals surface area contributed by atoms with Gasteiger partial charge in [-0.25, -0.2) is 0 Å². The first-order valence-corrected chi connectivity index (χ1v) is 6.66. The Balaban J connectivity index is 2.02. The molecular formula is C15H20N2O2. The van der Waals surface area contributed by atoms with Gasteiger partial charge >= 0.3 is 0 Å². The molecule has 1 aromatic rings. The van der Waals surface area contributed by atoms with Crippen LogP contribution in [0.1, 0.15) is 28.8 Å². The quantitative estimate of drug-likeness (QED) is 0.776. The molecule has 2 rings (SSSR count). The van der Waals surface area contributed by atoms with Crippen molar-refractivity contribution >= 4 is 17.9 Å². The summed E-state index contributed by atoms with van der Waals surface area (Å²) >= 11 is 0. The van der Waals surface area contributed by atoms with Crippen LogP contribution in [-0.2, 0) is 4.79 Å². The maximum Gasteiger partial charge on any atom is 0.242 e. The van der Waals surface area contributed by atoms with E-state index in [-0.39, 0.29) is 5.91 Å². The Kier molecular flexibility index (Phi) is 4.20. The van der Waals surface area contributed by atoms with Crippen molar-refractivity contribution in [2.75, 3.05) is 31.6 Å². The van der Waals surface area contributed by atoms with E-state index in [1.54, 1.807) is 6.07 Å². The molecule has 1 saturated heterocycles. The highest BCUT2D eigenvalue weighted by atomic mass is 16.2. The van der Waals surface area contributed by atoms with Crippen molar-refractivity contribution in [3.63, 3.8) is 0 Å². The number of amides is 1. The molecule has 0 bridgehead atoms. The molecule has 0 aliphatic carbocycles. The molecule has 0 saturated carbocycles. The van der Waals surface area contributed by atoms with Crippen LogP contribution in [0.15, 0.2) is 18.2 Å². The first kappa shape index (κ1) is 13.6. The Morgan fingerprint density at radius 1 is 1.37 bits per heavy atom. The number of hydrogen-bond donors (Lipinski definition) is 0. The highest BCUT2D eigenvalue weighted by Crippen LogP contribution is 2.18. The van der Waals surface area contributed by atoms with Crippen molar-refractivity contribution in [1.82, 2.24) is 4.90 Å². The van der Waals surface area contributed by atoms with Gasteiger partial charge in [-0.3, -0.25) is 9.59 Å². The highest BCUT2D eigenvalue weighted by molar-refractivity contribution is 5.82. The van der Waals surface area contributed by atoms with Crippen LogP contribution < -0.4 is 4.90 Å². The zero-order valence-corrected chi connectivity index (χ0v) is 11.6. The first-order valence-electron chi connectivity index (χ1n) is 6.66. The third-order valence-electron chi connectivity index (χ3n) is 3.65. The van der Waals surface area contributed by atoms with Crippen LogP contribution in [0.5, 0.6) is 0 Å². The van der Waals surface area contributed by atoms with Gasteiger partial charge in [-0.05, 0) is 43.5 Å². The van der Waals surface area contributed by atoms with E-state index >= 15 is 0 Å². The summed E-state index contributed by atoms with van der Waals surface area (Å²) in [5, 5.41) is 0. The largest absolute Gasteiger partial charge is 0.365 e. The predicted octanol–water partition coefficient (Wildman–Crippen LogP) is 1.87. The van der Waals surface area contributed by atoms with Gasteiger partial charge in [-0.1, -0.05) is 0 Å². The third-order valence-corrected chi connectivity index (χ3v) is 3.65. The fourth-order valence-corrected chi connectivity index (χ4v) is 2.39. The summed E-state index contributed by atoms with van der Waals surface area (Å²) in [4.78, 5) is 26.7. The highest BCUT2D eigenvalue weighted by Gasteiger charge is 2.19. The monoisotopic (exact) mass is 260 g/mol. The molecule has 0 spiro atoms. The zero-order chi connectivity index (χ0) is 13.8. The summed E-state index contributed by atoms with van der Waals surface area (Å²) in [5.41, 5.74) is 2.60. The van der Waals surface area contributed by atoms with Crippen molar-refractivity contribution < 1.29 is 9.59 Å². The average molecular weight is 260 g/mol. The number of carbonyl (C=O) groups is 2. The van der Waals surface area contributed by atoms with Gasteiger partial charge in [0.1, 0.15) is 6.29 Å². The number of likely N-dealkylation sites (N-methyl/N-ethyl adjacent to an activating group) is 1. The van der Waals surface area contributed by atoms with E-state index in [4.69, 9.17) is 0 Å². The number of benzene rings is 1. The van der Waals surface area contributed by atoms with E-state index in [9.17, 15) is 9.59 Å². The molecule has 1 fully saturated rings. The van der Waals surface area contributed by atoms with Gasteiger partial charge in [0, 0.05) is 31.4 Å². The molecule has 1 aromatic carbocycles. The lowest BCUT2D eigenvalue weighted by Crippen LogP contribution is -2.37. The number of rotatable bonds is 4. The van der Waals surface area contributed by atoms with E-state index in [2.05, 4.69) is 0 Å². The Bertz CT molecular complexity index is 479. The molecule has 1 aliphatic heterocycles. The predicted molar refractivity (Wildman–Crippen MR) is 75.7 cm³/mol. The number of anilines is 1. The molecule has 0 unspecified atom stereocenters. The van der Waals surface area contributed by atoms with Crippen LogP contribution in [0, 0.1) is 6.92 Å². The summed E-state index contributed by atoms with van der Waals surface area (Å²) in [7, 11) is 1.91. The van der Waals surface area contributed by atoms with Gasteiger partial charge in [0.25, 0.3) is 0 Å². The Morgan fingerprint density at radius 2 is 2.05 bits per heavy atom. The van der Waals surface area contributed by atoms with Crippen LogP contribution in [0.2, 0.25) is 0 Å². The first-order chi connectivity index (χ1) is 9.11. The number of aldehydes is 1. The van der Waals surface area contributed by atoms with E-state index in [1.807, 2.05) is 35.9 Å². The van der Waals surface area contributed by atoms with E-state index in [0.717, 1.165) is 43.5 Å². The summed E-state index contributed by atoms with van der Waals surface area (Å²) in [6.07, 6.45) is 3.08. The second-order valence-corrected chi connectivity index (χ2v) is 5.10. The minimum atomic E-state index is 0.178. The van der Waals surface area contributed by atoms with Crippen molar-refractivity contribution in [2.24, 2.45) is 0 Å². The van der Waals surface area contributed by atoms with Gasteiger partial charge in [-0.15, -0.1) is 0 Å². The molecule has 0 aromatic heterocycles. The summed E-state index contributed by atoms with van der Waals surface area (Å²) < 4.78 is 0. The Hall–Kier alpha value is -1.84. The van der Waals surface area contributed by atoms with E-state index in [0.29, 0.717) is 12.1 Å². The number of likely N-dealkylation sites (tertiary alicyclic amines) is 1. The molecule has 102 valence electrons. The molecule has 4 heteroatoms. The lowest BCUT2D eigenvalue weighted by molar-refractivity contribution is -0.128. The van der Waals surface area contributed by atoms with Crippen molar-refractivity contribution in [2.45, 2.75) is 19.8 Å². The van der Waals surface area contributed by atoms with Crippen molar-refractivity contribution in [3.8, 4) is 0 Å². The zero-order valence-electron chi connectivity index (χ0n) is 11.6. The van der Waals surface area contributed by atoms with Crippen LogP contribution >= 0.6 is 0 Å². The van der Waals surface area contributed by atoms with Crippen molar-refractivity contribution in [1.29, 1.82) is 0 Å². The van der Waals surface area contributed by atoms with Crippen LogP contribution in [0.25, 0.3) is 0 Å². The summed E-state index contributed by atoms with van der Waals surface area (Å²) in [5.74, 6) is 0.178. The Labute approximate surface area is 114 Å². The van der Waals surface area contributed by atoms with Crippen LogP contribution in [0.3, 0.4) is 0 Å². The number of hydrogen-bond acceptors (Lipinski definition) is 3. The van der Waals surface area contributed by atoms with Crippen molar-refractivity contribution in [3.05, 3.63) is 29.3 Å². The fraction of sp³-hybridized carbons (Fsp3) is 0.467. The van der Waals surface area contributed by atoms with E-state index in [1.165, 1.54) is 0 Å². The SMILES string of the molecule is Cc1cc(N(C)CC(=O)N2CCCC2)ccc1C=O. The fourth-order valence-electron chi connectivity index (χ4n) is 2.39.